The normalized spacial score (nSPS) is 26.2. The van der Waals surface area contributed by atoms with E-state index in [1.807, 2.05) is 75.6 Å². The van der Waals surface area contributed by atoms with Gasteiger partial charge in [-0.1, -0.05) is 59.9 Å². The largest absolute Gasteiger partial charge is 0.389 e. The molecule has 3 N–H and O–H groups in total. The van der Waals surface area contributed by atoms with Gasteiger partial charge in [-0.15, -0.1) is 0 Å². The summed E-state index contributed by atoms with van der Waals surface area (Å²) in [6, 6.07) is 25.8. The van der Waals surface area contributed by atoms with E-state index in [0.29, 0.717) is 18.8 Å². The summed E-state index contributed by atoms with van der Waals surface area (Å²) in [5.74, 6) is 6.62. The molecular weight excluding hydrogens is 512 g/mol. The molecule has 2 aliphatic rings. The van der Waals surface area contributed by atoms with Crippen molar-refractivity contribution < 1.29 is 15.0 Å². The lowest BCUT2D eigenvalue weighted by Crippen LogP contribution is -2.73. The zero-order valence-electron chi connectivity index (χ0n) is 24.3. The first-order chi connectivity index (χ1) is 19.6. The van der Waals surface area contributed by atoms with Crippen LogP contribution in [-0.2, 0) is 0 Å². The van der Waals surface area contributed by atoms with Crippen LogP contribution in [0.2, 0.25) is 0 Å². The fraction of sp³-hybridized carbons (Fsp3) is 0.382. The van der Waals surface area contributed by atoms with E-state index >= 15 is 0 Å². The van der Waals surface area contributed by atoms with Gasteiger partial charge in [0.25, 0.3) is 0 Å². The number of aryl methyl sites for hydroxylation is 1. The number of nitrogens with zero attached hydrogens (tertiary/aromatic N) is 3. The second-order valence-electron chi connectivity index (χ2n) is 11.9. The Labute approximate surface area is 243 Å². The third kappa shape index (κ3) is 6.64. The molecule has 0 radical (unpaired) electrons. The summed E-state index contributed by atoms with van der Waals surface area (Å²) in [5.41, 5.74) is 3.47. The van der Waals surface area contributed by atoms with E-state index in [1.54, 1.807) is 11.8 Å². The Morgan fingerprint density at radius 1 is 0.976 bits per heavy atom. The highest BCUT2D eigenvalue weighted by Gasteiger charge is 2.53. The SMILES string of the molecule is Cc1ccc(NC(=O)N2C[C@H]3[C@@H](c4ccc(C#Cc5ccccc5)cc4)[C@@H](CN(C)C)N3C[C@@H](O)[C@](C)(O)C2)cc1. The van der Waals surface area contributed by atoms with E-state index in [4.69, 9.17) is 0 Å². The molecule has 41 heavy (non-hydrogen) atoms. The third-order valence-corrected chi connectivity index (χ3v) is 8.26. The molecule has 7 heteroatoms. The number of aliphatic hydroxyl groups is 2. The zero-order chi connectivity index (χ0) is 29.1. The molecule has 0 spiro atoms. The Morgan fingerprint density at radius 2 is 1.61 bits per heavy atom. The number of urea groups is 1. The Bertz CT molecular complexity index is 1390. The van der Waals surface area contributed by atoms with Gasteiger partial charge >= 0.3 is 6.03 Å². The molecule has 7 nitrogen and oxygen atoms in total. The molecule has 0 unspecified atom stereocenters. The quantitative estimate of drug-likeness (QED) is 0.430. The van der Waals surface area contributed by atoms with E-state index in [0.717, 1.165) is 23.2 Å². The molecule has 3 aromatic carbocycles. The summed E-state index contributed by atoms with van der Waals surface area (Å²) in [5, 5.41) is 25.3. The highest BCUT2D eigenvalue weighted by molar-refractivity contribution is 5.89. The number of likely N-dealkylation sites (N-methyl/N-ethyl adjacent to an activating group) is 1. The Morgan fingerprint density at radius 3 is 2.24 bits per heavy atom. The molecule has 0 bridgehead atoms. The van der Waals surface area contributed by atoms with Crippen LogP contribution in [0.5, 0.6) is 0 Å². The van der Waals surface area contributed by atoms with Crippen LogP contribution in [0.25, 0.3) is 0 Å². The van der Waals surface area contributed by atoms with E-state index < -0.39 is 11.7 Å². The predicted octanol–water partition coefficient (Wildman–Crippen LogP) is 3.75. The van der Waals surface area contributed by atoms with Gasteiger partial charge in [0, 0.05) is 54.5 Å². The van der Waals surface area contributed by atoms with E-state index in [-0.39, 0.29) is 30.6 Å². The van der Waals surface area contributed by atoms with Gasteiger partial charge in [-0.25, -0.2) is 4.79 Å². The maximum Gasteiger partial charge on any atom is 0.321 e. The molecule has 0 aromatic heterocycles. The predicted molar refractivity (Wildman–Crippen MR) is 163 cm³/mol. The van der Waals surface area contributed by atoms with Crippen molar-refractivity contribution in [2.45, 2.75) is 43.6 Å². The maximum absolute atomic E-state index is 13.5. The molecule has 0 aliphatic carbocycles. The number of carbonyl (C=O) groups excluding carboxylic acids is 1. The number of nitrogens with one attached hydrogen (secondary N) is 1. The standard InChI is InChI=1S/C34H40N4O3/c1-24-10-18-28(19-11-24)35-33(40)37-21-30-32(29(20-36(3)4)38(30)22-31(39)34(2,41)23-37)27-16-14-26(15-17-27)13-12-25-8-6-5-7-9-25/h5-11,14-19,29-32,39,41H,20-23H2,1-4H3,(H,35,40)/t29-,30+,31-,32+,34-/m1/s1. The van der Waals surface area contributed by atoms with Crippen molar-refractivity contribution in [3.8, 4) is 11.8 Å². The van der Waals surface area contributed by atoms with Crippen molar-refractivity contribution in [2.24, 2.45) is 0 Å². The lowest BCUT2D eigenvalue weighted by molar-refractivity contribution is -0.141. The van der Waals surface area contributed by atoms with Crippen molar-refractivity contribution in [2.75, 3.05) is 45.6 Å². The highest BCUT2D eigenvalue weighted by Crippen LogP contribution is 2.43. The number of anilines is 1. The number of carbonyl (C=O) groups is 1. The molecule has 214 valence electrons. The van der Waals surface area contributed by atoms with Crippen LogP contribution in [0, 0.1) is 18.8 Å². The van der Waals surface area contributed by atoms with Gasteiger partial charge in [-0.2, -0.15) is 0 Å². The van der Waals surface area contributed by atoms with E-state index in [9.17, 15) is 15.0 Å². The number of benzene rings is 3. The molecule has 3 aromatic rings. The minimum Gasteiger partial charge on any atom is -0.389 e. The zero-order valence-corrected chi connectivity index (χ0v) is 24.3. The smallest absolute Gasteiger partial charge is 0.321 e. The Balaban J connectivity index is 1.41. The number of hydrogen-bond donors (Lipinski definition) is 3. The molecule has 2 saturated heterocycles. The summed E-state index contributed by atoms with van der Waals surface area (Å²) < 4.78 is 0. The van der Waals surface area contributed by atoms with Gasteiger partial charge in [-0.3, -0.25) is 4.90 Å². The van der Waals surface area contributed by atoms with Crippen molar-refractivity contribution in [1.82, 2.24) is 14.7 Å². The molecule has 0 saturated carbocycles. The fourth-order valence-corrected chi connectivity index (χ4v) is 5.97. The fourth-order valence-electron chi connectivity index (χ4n) is 5.97. The van der Waals surface area contributed by atoms with Crippen molar-refractivity contribution >= 4 is 11.7 Å². The second kappa shape index (κ2) is 12.1. The first kappa shape index (κ1) is 28.8. The van der Waals surface area contributed by atoms with Crippen LogP contribution < -0.4 is 5.32 Å². The molecule has 2 fully saturated rings. The van der Waals surface area contributed by atoms with Gasteiger partial charge in [0.15, 0.2) is 0 Å². The van der Waals surface area contributed by atoms with Crippen LogP contribution in [-0.4, -0.2) is 95.0 Å². The number of β-amino-alcohol motifs (C(OH)–C–C–N with tert-alkyl or cyclic N) is 1. The topological polar surface area (TPSA) is 79.3 Å². The monoisotopic (exact) mass is 552 g/mol. The van der Waals surface area contributed by atoms with Crippen LogP contribution in [0.3, 0.4) is 0 Å². The van der Waals surface area contributed by atoms with Crippen LogP contribution in [0.15, 0.2) is 78.9 Å². The minimum absolute atomic E-state index is 0.00396. The number of hydrogen-bond acceptors (Lipinski definition) is 5. The molecule has 2 aliphatic heterocycles. The average Bonchev–Trinajstić information content (AvgIpc) is 2.95. The minimum atomic E-state index is -1.44. The molecule has 5 atom stereocenters. The summed E-state index contributed by atoms with van der Waals surface area (Å²) in [6.45, 7) is 5.22. The van der Waals surface area contributed by atoms with Gasteiger partial charge in [0.1, 0.15) is 5.60 Å². The van der Waals surface area contributed by atoms with Crippen molar-refractivity contribution in [1.29, 1.82) is 0 Å². The third-order valence-electron chi connectivity index (χ3n) is 8.26. The summed E-state index contributed by atoms with van der Waals surface area (Å²) in [4.78, 5) is 19.6. The second-order valence-corrected chi connectivity index (χ2v) is 11.9. The highest BCUT2D eigenvalue weighted by atomic mass is 16.3. The summed E-state index contributed by atoms with van der Waals surface area (Å²) in [7, 11) is 4.09. The Hall–Kier alpha value is -3.67. The molecule has 2 heterocycles. The number of amides is 2. The van der Waals surface area contributed by atoms with E-state index in [2.05, 4.69) is 51.2 Å². The average molecular weight is 553 g/mol. The maximum atomic E-state index is 13.5. The number of rotatable bonds is 4. The summed E-state index contributed by atoms with van der Waals surface area (Å²) >= 11 is 0. The first-order valence-corrected chi connectivity index (χ1v) is 14.2. The summed E-state index contributed by atoms with van der Waals surface area (Å²) in [6.07, 6.45) is -0.999. The van der Waals surface area contributed by atoms with Gasteiger partial charge in [-0.05, 0) is 69.9 Å². The molecule has 2 amide bonds. The van der Waals surface area contributed by atoms with Gasteiger partial charge in [0.2, 0.25) is 0 Å². The number of fused-ring (bicyclic) bond motifs is 1. The molecule has 5 rings (SSSR count). The van der Waals surface area contributed by atoms with Gasteiger partial charge < -0.3 is 25.3 Å². The van der Waals surface area contributed by atoms with Crippen LogP contribution in [0.1, 0.15) is 35.1 Å². The Kier molecular flexibility index (Phi) is 8.48. The first-order valence-electron chi connectivity index (χ1n) is 14.2. The van der Waals surface area contributed by atoms with Crippen molar-refractivity contribution in [3.63, 3.8) is 0 Å². The molecular formula is C34H40N4O3. The lowest BCUT2D eigenvalue weighted by atomic mass is 9.73. The van der Waals surface area contributed by atoms with Crippen molar-refractivity contribution in [3.05, 3.63) is 101 Å². The van der Waals surface area contributed by atoms with Crippen LogP contribution >= 0.6 is 0 Å². The van der Waals surface area contributed by atoms with Crippen LogP contribution in [0.4, 0.5) is 10.5 Å². The number of aliphatic hydroxyl groups excluding tert-OH is 1. The van der Waals surface area contributed by atoms with Gasteiger partial charge in [0.05, 0.1) is 12.6 Å². The lowest BCUT2D eigenvalue weighted by Gasteiger charge is -2.60. The van der Waals surface area contributed by atoms with E-state index in [1.165, 1.54) is 5.56 Å².